The van der Waals surface area contributed by atoms with Gasteiger partial charge in [0, 0.05) is 51.1 Å². The number of piperazine rings is 1. The largest absolute Gasteiger partial charge is 0.374 e. The molecular weight excluding hydrogens is 348 g/mol. The summed E-state index contributed by atoms with van der Waals surface area (Å²) in [6.45, 7) is 10.3. The lowest BCUT2D eigenvalue weighted by atomic mass is 10.2. The van der Waals surface area contributed by atoms with Crippen LogP contribution in [0.3, 0.4) is 0 Å². The van der Waals surface area contributed by atoms with Crippen LogP contribution in [0.15, 0.2) is 54.6 Å². The summed E-state index contributed by atoms with van der Waals surface area (Å²) in [5, 5.41) is 3.34. The molecule has 1 heterocycles. The highest BCUT2D eigenvalue weighted by Gasteiger charge is 2.18. The quantitative estimate of drug-likeness (QED) is 0.800. The Hall–Kier alpha value is -2.53. The van der Waals surface area contributed by atoms with Crippen molar-refractivity contribution >= 4 is 17.3 Å². The van der Waals surface area contributed by atoms with E-state index in [4.69, 9.17) is 0 Å². The van der Waals surface area contributed by atoms with Gasteiger partial charge in [-0.25, -0.2) is 0 Å². The Morgan fingerprint density at radius 1 is 1.04 bits per heavy atom. The van der Waals surface area contributed by atoms with Crippen molar-refractivity contribution in [2.45, 2.75) is 26.4 Å². The van der Waals surface area contributed by atoms with Crippen LogP contribution in [-0.4, -0.2) is 61.5 Å². The molecule has 1 N–H and O–H groups in total. The van der Waals surface area contributed by atoms with Gasteiger partial charge in [-0.2, -0.15) is 0 Å². The van der Waals surface area contributed by atoms with E-state index in [9.17, 15) is 4.79 Å². The van der Waals surface area contributed by atoms with E-state index in [-0.39, 0.29) is 11.9 Å². The summed E-state index contributed by atoms with van der Waals surface area (Å²) in [5.74, 6) is 0.0867. The summed E-state index contributed by atoms with van der Waals surface area (Å²) in [6.07, 6.45) is 0. The molecule has 5 nitrogen and oxygen atoms in total. The van der Waals surface area contributed by atoms with Crippen LogP contribution in [0.1, 0.15) is 19.4 Å². The highest BCUT2D eigenvalue weighted by molar-refractivity contribution is 5.84. The van der Waals surface area contributed by atoms with Gasteiger partial charge < -0.3 is 20.0 Å². The summed E-state index contributed by atoms with van der Waals surface area (Å²) in [7, 11) is 1.85. The number of hydrogen-bond acceptors (Lipinski definition) is 4. The van der Waals surface area contributed by atoms with Crippen LogP contribution in [0.4, 0.5) is 11.4 Å². The average molecular weight is 381 g/mol. The van der Waals surface area contributed by atoms with Gasteiger partial charge in [-0.05, 0) is 43.3 Å². The normalized spacial score (nSPS) is 15.9. The number of benzene rings is 2. The monoisotopic (exact) mass is 380 g/mol. The summed E-state index contributed by atoms with van der Waals surface area (Å²) >= 11 is 0. The minimum Gasteiger partial charge on any atom is -0.374 e. The van der Waals surface area contributed by atoms with Crippen LogP contribution in [-0.2, 0) is 11.3 Å². The lowest BCUT2D eigenvalue weighted by molar-refractivity contribution is -0.130. The van der Waals surface area contributed by atoms with E-state index in [1.807, 2.05) is 44.3 Å². The van der Waals surface area contributed by atoms with Crippen molar-refractivity contribution in [3.63, 3.8) is 0 Å². The third-order valence-corrected chi connectivity index (χ3v) is 5.44. The fraction of sp³-hybridized carbons (Fsp3) is 0.435. The number of rotatable bonds is 7. The van der Waals surface area contributed by atoms with E-state index in [2.05, 4.69) is 46.3 Å². The van der Waals surface area contributed by atoms with E-state index in [1.54, 1.807) is 4.90 Å². The Bertz CT molecular complexity index is 739. The maximum atomic E-state index is 12.7. The number of anilines is 2. The topological polar surface area (TPSA) is 38.8 Å². The molecule has 5 heteroatoms. The molecule has 1 fully saturated rings. The van der Waals surface area contributed by atoms with Gasteiger partial charge in [0.2, 0.25) is 5.91 Å². The van der Waals surface area contributed by atoms with E-state index in [1.165, 1.54) is 5.69 Å². The molecule has 1 aliphatic rings. The van der Waals surface area contributed by atoms with Gasteiger partial charge in [-0.15, -0.1) is 0 Å². The smallest absolute Gasteiger partial charge is 0.244 e. The first-order chi connectivity index (χ1) is 13.6. The highest BCUT2D eigenvalue weighted by atomic mass is 16.2. The van der Waals surface area contributed by atoms with Crippen molar-refractivity contribution in [1.29, 1.82) is 0 Å². The Balaban J connectivity index is 1.52. The molecule has 3 rings (SSSR count). The van der Waals surface area contributed by atoms with E-state index >= 15 is 0 Å². The number of amides is 1. The fourth-order valence-electron chi connectivity index (χ4n) is 3.67. The minimum atomic E-state index is -0.271. The summed E-state index contributed by atoms with van der Waals surface area (Å²) in [4.78, 5) is 19.4. The number of likely N-dealkylation sites (N-methyl/N-ethyl adjacent to an activating group) is 2. The first kappa shape index (κ1) is 20.2. The van der Waals surface area contributed by atoms with Crippen LogP contribution in [0, 0.1) is 0 Å². The summed E-state index contributed by atoms with van der Waals surface area (Å²) < 4.78 is 0. The van der Waals surface area contributed by atoms with Crippen LogP contribution >= 0.6 is 0 Å². The molecule has 1 amide bonds. The first-order valence-corrected chi connectivity index (χ1v) is 10.2. The molecule has 1 saturated heterocycles. The highest BCUT2D eigenvalue weighted by Crippen LogP contribution is 2.20. The van der Waals surface area contributed by atoms with Crippen LogP contribution in [0.25, 0.3) is 0 Å². The van der Waals surface area contributed by atoms with E-state index < -0.39 is 0 Å². The molecule has 2 aromatic rings. The zero-order valence-corrected chi connectivity index (χ0v) is 17.3. The molecule has 0 bridgehead atoms. The van der Waals surface area contributed by atoms with Crippen molar-refractivity contribution in [2.75, 3.05) is 50.0 Å². The molecule has 0 radical (unpaired) electrons. The van der Waals surface area contributed by atoms with Crippen molar-refractivity contribution in [3.05, 3.63) is 60.2 Å². The van der Waals surface area contributed by atoms with Gasteiger partial charge in [0.15, 0.2) is 0 Å². The second-order valence-electron chi connectivity index (χ2n) is 7.51. The standard InChI is InChI=1S/C23H32N4O/c1-4-26-14-16-27(17-15-26)22-12-10-21(11-13-22)24-19(2)23(28)25(3)18-20-8-6-5-7-9-20/h5-13,19,24H,4,14-18H2,1-3H3/t19-/m1/s1. The van der Waals surface area contributed by atoms with Crippen LogP contribution in [0.5, 0.6) is 0 Å². The third-order valence-electron chi connectivity index (χ3n) is 5.44. The number of carbonyl (C=O) groups is 1. The maximum absolute atomic E-state index is 12.7. The van der Waals surface area contributed by atoms with Gasteiger partial charge >= 0.3 is 0 Å². The predicted octanol–water partition coefficient (Wildman–Crippen LogP) is 3.29. The molecular formula is C23H32N4O. The molecule has 150 valence electrons. The number of hydrogen-bond donors (Lipinski definition) is 1. The molecule has 2 aromatic carbocycles. The number of nitrogens with zero attached hydrogens (tertiary/aromatic N) is 3. The summed E-state index contributed by atoms with van der Waals surface area (Å²) in [6, 6.07) is 18.2. The maximum Gasteiger partial charge on any atom is 0.244 e. The van der Waals surface area contributed by atoms with Crippen molar-refractivity contribution < 1.29 is 4.79 Å². The molecule has 0 aromatic heterocycles. The Morgan fingerprint density at radius 2 is 1.68 bits per heavy atom. The lowest BCUT2D eigenvalue weighted by Crippen LogP contribution is -2.46. The van der Waals surface area contributed by atoms with Crippen LogP contribution in [0.2, 0.25) is 0 Å². The Kier molecular flexibility index (Phi) is 6.93. The Morgan fingerprint density at radius 3 is 2.29 bits per heavy atom. The number of carbonyl (C=O) groups excluding carboxylic acids is 1. The molecule has 0 aliphatic carbocycles. The van der Waals surface area contributed by atoms with Crippen LogP contribution < -0.4 is 10.2 Å². The molecule has 1 aliphatic heterocycles. The minimum absolute atomic E-state index is 0.0867. The predicted molar refractivity (Wildman–Crippen MR) is 117 cm³/mol. The van der Waals surface area contributed by atoms with E-state index in [0.29, 0.717) is 6.54 Å². The van der Waals surface area contributed by atoms with E-state index in [0.717, 1.165) is 44.0 Å². The first-order valence-electron chi connectivity index (χ1n) is 10.2. The van der Waals surface area contributed by atoms with Gasteiger partial charge in [-0.1, -0.05) is 37.3 Å². The Labute approximate surface area is 168 Å². The van der Waals surface area contributed by atoms with Gasteiger partial charge in [0.1, 0.15) is 6.04 Å². The molecule has 0 unspecified atom stereocenters. The second-order valence-corrected chi connectivity index (χ2v) is 7.51. The zero-order chi connectivity index (χ0) is 19.9. The lowest BCUT2D eigenvalue weighted by Gasteiger charge is -2.35. The number of nitrogens with one attached hydrogen (secondary N) is 1. The molecule has 1 atom stereocenters. The SMILES string of the molecule is CCN1CCN(c2ccc(N[C@H](C)C(=O)N(C)Cc3ccccc3)cc2)CC1. The molecule has 0 spiro atoms. The average Bonchev–Trinajstić information content (AvgIpc) is 2.74. The third kappa shape index (κ3) is 5.26. The second kappa shape index (κ2) is 9.60. The summed E-state index contributed by atoms with van der Waals surface area (Å²) in [5.41, 5.74) is 3.37. The molecule has 0 saturated carbocycles. The fourth-order valence-corrected chi connectivity index (χ4v) is 3.67. The van der Waals surface area contributed by atoms with Crippen molar-refractivity contribution in [1.82, 2.24) is 9.80 Å². The van der Waals surface area contributed by atoms with Crippen molar-refractivity contribution in [2.24, 2.45) is 0 Å². The van der Waals surface area contributed by atoms with Gasteiger partial charge in [0.05, 0.1) is 0 Å². The van der Waals surface area contributed by atoms with Crippen molar-refractivity contribution in [3.8, 4) is 0 Å². The van der Waals surface area contributed by atoms with Gasteiger partial charge in [0.25, 0.3) is 0 Å². The van der Waals surface area contributed by atoms with Gasteiger partial charge in [-0.3, -0.25) is 4.79 Å². The molecule has 28 heavy (non-hydrogen) atoms. The zero-order valence-electron chi connectivity index (χ0n) is 17.3.